The summed E-state index contributed by atoms with van der Waals surface area (Å²) in [5.74, 6) is -0.372. The molecule has 4 aromatic rings. The fourth-order valence-electron chi connectivity index (χ4n) is 3.80. The van der Waals surface area contributed by atoms with Gasteiger partial charge in [0.15, 0.2) is 0 Å². The van der Waals surface area contributed by atoms with Crippen LogP contribution >= 0.6 is 0 Å². The second kappa shape index (κ2) is 10.2. The molecule has 0 spiro atoms. The summed E-state index contributed by atoms with van der Waals surface area (Å²) >= 11 is 0. The van der Waals surface area contributed by atoms with Crippen LogP contribution in [0.2, 0.25) is 0 Å². The smallest absolute Gasteiger partial charge is 0.248 e. The van der Waals surface area contributed by atoms with Crippen molar-refractivity contribution in [2.75, 3.05) is 0 Å². The van der Waals surface area contributed by atoms with Crippen molar-refractivity contribution in [2.24, 2.45) is 0 Å². The zero-order valence-corrected chi connectivity index (χ0v) is 20.2. The predicted molar refractivity (Wildman–Crippen MR) is 134 cm³/mol. The molecule has 2 aromatic carbocycles. The van der Waals surface area contributed by atoms with Crippen molar-refractivity contribution in [1.29, 1.82) is 0 Å². The highest BCUT2D eigenvalue weighted by molar-refractivity contribution is 7.89. The van der Waals surface area contributed by atoms with Crippen LogP contribution in [-0.4, -0.2) is 35.2 Å². The van der Waals surface area contributed by atoms with Crippen LogP contribution in [0, 0.1) is 0 Å². The standard InChI is InChI=1S/C26H26N4O4S/c1-18(2)30(17-19-7-6-14-27-16-19)26(32)25(20-8-4-3-5-9-20)29-35(33,34)22-11-12-23-21(15-22)10-13-24(31)28-23/h3-16,18,25,29H,17H2,1-2H3,(H,28,31). The number of hydrogen-bond acceptors (Lipinski definition) is 5. The molecule has 0 aliphatic carbocycles. The lowest BCUT2D eigenvalue weighted by Crippen LogP contribution is -2.45. The Balaban J connectivity index is 1.70. The minimum absolute atomic E-state index is 0.00543. The maximum atomic E-state index is 13.8. The number of carbonyl (C=O) groups is 1. The van der Waals surface area contributed by atoms with Gasteiger partial charge in [0.1, 0.15) is 6.04 Å². The van der Waals surface area contributed by atoms with Crippen molar-refractivity contribution in [3.8, 4) is 0 Å². The molecule has 2 heterocycles. The Kier molecular flexibility index (Phi) is 7.09. The first-order chi connectivity index (χ1) is 16.7. The largest absolute Gasteiger partial charge is 0.334 e. The second-order valence-corrected chi connectivity index (χ2v) is 10.2. The van der Waals surface area contributed by atoms with Gasteiger partial charge in [-0.1, -0.05) is 36.4 Å². The first kappa shape index (κ1) is 24.3. The minimum atomic E-state index is -4.09. The summed E-state index contributed by atoms with van der Waals surface area (Å²) in [6, 6.07) is 18.4. The van der Waals surface area contributed by atoms with Crippen LogP contribution in [0.5, 0.6) is 0 Å². The van der Waals surface area contributed by atoms with Crippen molar-refractivity contribution in [2.45, 2.75) is 37.4 Å². The van der Waals surface area contributed by atoms with E-state index in [1.54, 1.807) is 59.8 Å². The normalized spacial score (nSPS) is 12.5. The zero-order valence-electron chi connectivity index (χ0n) is 19.4. The summed E-state index contributed by atoms with van der Waals surface area (Å²) in [5, 5.41) is 0.565. The van der Waals surface area contributed by atoms with Crippen molar-refractivity contribution in [3.63, 3.8) is 0 Å². The van der Waals surface area contributed by atoms with E-state index in [-0.39, 0.29) is 22.4 Å². The van der Waals surface area contributed by atoms with E-state index in [1.165, 1.54) is 24.3 Å². The summed E-state index contributed by atoms with van der Waals surface area (Å²) in [5.41, 5.74) is 1.62. The number of aromatic nitrogens is 2. The van der Waals surface area contributed by atoms with Gasteiger partial charge in [-0.05, 0) is 60.7 Å². The Morgan fingerprint density at radius 3 is 2.49 bits per heavy atom. The zero-order chi connectivity index (χ0) is 25.0. The van der Waals surface area contributed by atoms with Gasteiger partial charge in [0.25, 0.3) is 0 Å². The third-order valence-corrected chi connectivity index (χ3v) is 7.06. The number of amides is 1. The van der Waals surface area contributed by atoms with Gasteiger partial charge in [-0.3, -0.25) is 14.6 Å². The van der Waals surface area contributed by atoms with E-state index in [0.717, 1.165) is 5.56 Å². The molecule has 0 fully saturated rings. The molecule has 0 radical (unpaired) electrons. The Morgan fingerprint density at radius 1 is 1.03 bits per heavy atom. The van der Waals surface area contributed by atoms with E-state index >= 15 is 0 Å². The van der Waals surface area contributed by atoms with E-state index in [9.17, 15) is 18.0 Å². The average Bonchev–Trinajstić information content (AvgIpc) is 2.86. The fraction of sp³-hybridized carbons (Fsp3) is 0.192. The van der Waals surface area contributed by atoms with E-state index in [1.807, 2.05) is 19.9 Å². The van der Waals surface area contributed by atoms with Crippen LogP contribution in [0.25, 0.3) is 10.9 Å². The van der Waals surface area contributed by atoms with Gasteiger partial charge in [-0.2, -0.15) is 4.72 Å². The van der Waals surface area contributed by atoms with Gasteiger partial charge in [-0.25, -0.2) is 8.42 Å². The van der Waals surface area contributed by atoms with Crippen molar-refractivity contribution >= 4 is 26.8 Å². The highest BCUT2D eigenvalue weighted by Gasteiger charge is 2.32. The number of nitrogens with one attached hydrogen (secondary N) is 2. The summed E-state index contributed by atoms with van der Waals surface area (Å²) in [4.78, 5) is 33.8. The Labute approximate surface area is 203 Å². The summed E-state index contributed by atoms with van der Waals surface area (Å²) < 4.78 is 29.5. The highest BCUT2D eigenvalue weighted by Crippen LogP contribution is 2.23. The molecule has 0 aliphatic rings. The Bertz CT molecular complexity index is 1490. The topological polar surface area (TPSA) is 112 Å². The molecule has 4 rings (SSSR count). The SMILES string of the molecule is CC(C)N(Cc1cccnc1)C(=O)C(NS(=O)(=O)c1ccc2[nH]c(=O)ccc2c1)c1ccccc1. The molecule has 0 aliphatic heterocycles. The van der Waals surface area contributed by atoms with Crippen LogP contribution in [-0.2, 0) is 21.4 Å². The fourth-order valence-corrected chi connectivity index (χ4v) is 5.01. The lowest BCUT2D eigenvalue weighted by atomic mass is 10.1. The van der Waals surface area contributed by atoms with E-state index < -0.39 is 16.1 Å². The van der Waals surface area contributed by atoms with Crippen LogP contribution in [0.1, 0.15) is 31.0 Å². The Morgan fingerprint density at radius 2 is 1.80 bits per heavy atom. The number of hydrogen-bond donors (Lipinski definition) is 2. The first-order valence-electron chi connectivity index (χ1n) is 11.1. The second-order valence-electron chi connectivity index (χ2n) is 8.46. The number of sulfonamides is 1. The van der Waals surface area contributed by atoms with E-state index in [0.29, 0.717) is 23.0 Å². The van der Waals surface area contributed by atoms with Crippen LogP contribution in [0.4, 0.5) is 0 Å². The minimum Gasteiger partial charge on any atom is -0.334 e. The van der Waals surface area contributed by atoms with Crippen molar-refractivity contribution in [3.05, 3.63) is 107 Å². The molecule has 8 nitrogen and oxygen atoms in total. The monoisotopic (exact) mass is 490 g/mol. The van der Waals surface area contributed by atoms with Gasteiger partial charge < -0.3 is 9.88 Å². The quantitative estimate of drug-likeness (QED) is 0.393. The molecular weight excluding hydrogens is 464 g/mol. The van der Waals surface area contributed by atoms with Gasteiger partial charge in [-0.15, -0.1) is 0 Å². The Hall–Kier alpha value is -3.82. The van der Waals surface area contributed by atoms with Crippen LogP contribution in [0.3, 0.4) is 0 Å². The lowest BCUT2D eigenvalue weighted by Gasteiger charge is -2.31. The molecule has 0 saturated heterocycles. The summed E-state index contributed by atoms with van der Waals surface area (Å²) in [7, 11) is -4.09. The number of pyridine rings is 2. The molecule has 0 bridgehead atoms. The van der Waals surface area contributed by atoms with E-state index in [2.05, 4.69) is 14.7 Å². The third kappa shape index (κ3) is 5.64. The molecular formula is C26H26N4O4S. The highest BCUT2D eigenvalue weighted by atomic mass is 32.2. The summed E-state index contributed by atoms with van der Waals surface area (Å²) in [6.45, 7) is 4.06. The van der Waals surface area contributed by atoms with Crippen molar-refractivity contribution < 1.29 is 13.2 Å². The molecule has 2 N–H and O–H groups in total. The maximum absolute atomic E-state index is 13.8. The van der Waals surface area contributed by atoms with Gasteiger partial charge >= 0.3 is 0 Å². The molecule has 180 valence electrons. The first-order valence-corrected chi connectivity index (χ1v) is 12.6. The number of H-pyrrole nitrogens is 1. The molecule has 9 heteroatoms. The van der Waals surface area contributed by atoms with Crippen molar-refractivity contribution in [1.82, 2.24) is 19.6 Å². The van der Waals surface area contributed by atoms with Crippen LogP contribution in [0.15, 0.2) is 94.9 Å². The lowest BCUT2D eigenvalue weighted by molar-refractivity contribution is -0.135. The number of nitrogens with zero attached hydrogens (tertiary/aromatic N) is 2. The maximum Gasteiger partial charge on any atom is 0.248 e. The van der Waals surface area contributed by atoms with E-state index in [4.69, 9.17) is 0 Å². The molecule has 35 heavy (non-hydrogen) atoms. The average molecular weight is 491 g/mol. The third-order valence-electron chi connectivity index (χ3n) is 5.64. The molecule has 1 unspecified atom stereocenters. The molecule has 0 saturated carbocycles. The van der Waals surface area contributed by atoms with Crippen LogP contribution < -0.4 is 10.3 Å². The van der Waals surface area contributed by atoms with Gasteiger partial charge in [0, 0.05) is 36.6 Å². The molecule has 1 amide bonds. The molecule has 1 atom stereocenters. The number of aromatic amines is 1. The number of rotatable bonds is 8. The number of carbonyl (C=O) groups excluding carboxylic acids is 1. The molecule has 2 aromatic heterocycles. The van der Waals surface area contributed by atoms with Gasteiger partial charge in [0.05, 0.1) is 4.90 Å². The predicted octanol–water partition coefficient (Wildman–Crippen LogP) is 3.38. The summed E-state index contributed by atoms with van der Waals surface area (Å²) in [6.07, 6.45) is 3.34. The van der Waals surface area contributed by atoms with Gasteiger partial charge in [0.2, 0.25) is 21.5 Å². The number of fused-ring (bicyclic) bond motifs is 1. The number of benzene rings is 2.